The van der Waals surface area contributed by atoms with Crippen LogP contribution in [0.3, 0.4) is 0 Å². The highest BCUT2D eigenvalue weighted by atomic mass is 14.9. The van der Waals surface area contributed by atoms with Crippen LogP contribution in [0.25, 0.3) is 0 Å². The van der Waals surface area contributed by atoms with Crippen LogP contribution in [0, 0.1) is 11.8 Å². The first-order valence-corrected chi connectivity index (χ1v) is 4.51. The molecule has 1 unspecified atom stereocenters. The van der Waals surface area contributed by atoms with Gasteiger partial charge in [0.15, 0.2) is 0 Å². The Morgan fingerprint density at radius 2 is 1.73 bits per heavy atom. The molecule has 0 heterocycles. The summed E-state index contributed by atoms with van der Waals surface area (Å²) in [6.45, 7) is 10.7. The summed E-state index contributed by atoms with van der Waals surface area (Å²) in [5.74, 6) is 1.50. The molecule has 0 aliphatic carbocycles. The number of rotatable bonds is 5. The van der Waals surface area contributed by atoms with Crippen molar-refractivity contribution in [1.82, 2.24) is 5.32 Å². The largest absolute Gasteiger partial charge is 0.329 e. The fourth-order valence-electron chi connectivity index (χ4n) is 0.706. The zero-order valence-electron chi connectivity index (χ0n) is 8.22. The van der Waals surface area contributed by atoms with E-state index in [1.165, 1.54) is 0 Å². The molecule has 2 heteroatoms. The van der Waals surface area contributed by atoms with Crippen LogP contribution in [0.2, 0.25) is 0 Å². The van der Waals surface area contributed by atoms with Crippen molar-refractivity contribution in [1.29, 1.82) is 0 Å². The topological polar surface area (TPSA) is 38.0 Å². The van der Waals surface area contributed by atoms with Gasteiger partial charge in [-0.15, -0.1) is 0 Å². The lowest BCUT2D eigenvalue weighted by molar-refractivity contribution is 0.375. The maximum Gasteiger partial charge on any atom is 0.0162 e. The molecule has 0 rings (SSSR count). The fourth-order valence-corrected chi connectivity index (χ4v) is 0.706. The molecule has 0 fully saturated rings. The maximum atomic E-state index is 5.47. The molecule has 0 bridgehead atoms. The lowest BCUT2D eigenvalue weighted by atomic mass is 9.98. The molecule has 0 aliphatic heterocycles. The van der Waals surface area contributed by atoms with Gasteiger partial charge in [0.05, 0.1) is 0 Å². The molecule has 2 nitrogen and oxygen atoms in total. The van der Waals surface area contributed by atoms with Gasteiger partial charge < -0.3 is 11.1 Å². The molecule has 0 amide bonds. The van der Waals surface area contributed by atoms with Crippen LogP contribution in [-0.4, -0.2) is 19.1 Å². The molecule has 0 aromatic carbocycles. The van der Waals surface area contributed by atoms with Gasteiger partial charge >= 0.3 is 0 Å². The first-order chi connectivity index (χ1) is 5.07. The average molecular weight is 158 g/mol. The van der Waals surface area contributed by atoms with Crippen LogP contribution in [-0.2, 0) is 0 Å². The van der Waals surface area contributed by atoms with Gasteiger partial charge in [-0.1, -0.05) is 20.8 Å². The Kier molecular flexibility index (Phi) is 5.51. The van der Waals surface area contributed by atoms with E-state index in [2.05, 4.69) is 33.0 Å². The summed E-state index contributed by atoms with van der Waals surface area (Å²) < 4.78 is 0. The summed E-state index contributed by atoms with van der Waals surface area (Å²) in [7, 11) is 0. The molecule has 11 heavy (non-hydrogen) atoms. The van der Waals surface area contributed by atoms with E-state index in [1.54, 1.807) is 0 Å². The van der Waals surface area contributed by atoms with E-state index in [0.29, 0.717) is 6.04 Å². The van der Waals surface area contributed by atoms with E-state index in [4.69, 9.17) is 5.73 Å². The van der Waals surface area contributed by atoms with Crippen molar-refractivity contribution in [2.45, 2.75) is 33.7 Å². The van der Waals surface area contributed by atoms with E-state index in [0.717, 1.165) is 24.9 Å². The van der Waals surface area contributed by atoms with Crippen molar-refractivity contribution in [3.63, 3.8) is 0 Å². The minimum atomic E-state index is 0.455. The summed E-state index contributed by atoms with van der Waals surface area (Å²) in [6.07, 6.45) is 0. The van der Waals surface area contributed by atoms with Crippen molar-refractivity contribution in [3.8, 4) is 0 Å². The maximum absolute atomic E-state index is 5.47. The smallest absolute Gasteiger partial charge is 0.0162 e. The van der Waals surface area contributed by atoms with Crippen molar-refractivity contribution in [3.05, 3.63) is 0 Å². The predicted molar refractivity (Wildman–Crippen MR) is 50.5 cm³/mol. The summed E-state index contributed by atoms with van der Waals surface area (Å²) in [6, 6.07) is 0.455. The van der Waals surface area contributed by atoms with Gasteiger partial charge in [0.1, 0.15) is 0 Å². The third-order valence-corrected chi connectivity index (χ3v) is 2.28. The molecular formula is C9H22N2. The molecule has 0 aliphatic rings. The van der Waals surface area contributed by atoms with E-state index >= 15 is 0 Å². The Hall–Kier alpha value is -0.0800. The summed E-state index contributed by atoms with van der Waals surface area (Å²) in [5.41, 5.74) is 5.47. The van der Waals surface area contributed by atoms with Gasteiger partial charge in [-0.3, -0.25) is 0 Å². The molecule has 0 saturated carbocycles. The molecule has 0 aromatic heterocycles. The molecule has 0 saturated heterocycles. The summed E-state index contributed by atoms with van der Waals surface area (Å²) in [5, 5.41) is 3.39. The minimum Gasteiger partial charge on any atom is -0.329 e. The lowest BCUT2D eigenvalue weighted by Crippen LogP contribution is -2.36. The third-order valence-electron chi connectivity index (χ3n) is 2.28. The van der Waals surface area contributed by atoms with Gasteiger partial charge in [-0.25, -0.2) is 0 Å². The quantitative estimate of drug-likeness (QED) is 0.631. The van der Waals surface area contributed by atoms with Crippen molar-refractivity contribution < 1.29 is 0 Å². The Balaban J connectivity index is 3.37. The number of nitrogens with one attached hydrogen (secondary N) is 1. The van der Waals surface area contributed by atoms with E-state index in [1.807, 2.05) is 0 Å². The molecule has 3 N–H and O–H groups in total. The van der Waals surface area contributed by atoms with Crippen LogP contribution >= 0.6 is 0 Å². The van der Waals surface area contributed by atoms with Crippen molar-refractivity contribution >= 4 is 0 Å². The normalized spacial score (nSPS) is 16.9. The highest BCUT2D eigenvalue weighted by Crippen LogP contribution is 2.07. The SMILES string of the molecule is CC(C)C(C)CN[C@H](C)CN. The zero-order chi connectivity index (χ0) is 8.85. The number of hydrogen-bond acceptors (Lipinski definition) is 2. The molecule has 68 valence electrons. The fraction of sp³-hybridized carbons (Fsp3) is 1.00. The predicted octanol–water partition coefficient (Wildman–Crippen LogP) is 1.22. The van der Waals surface area contributed by atoms with Gasteiger partial charge in [0, 0.05) is 12.6 Å². The van der Waals surface area contributed by atoms with E-state index in [-0.39, 0.29) is 0 Å². The molecular weight excluding hydrogens is 136 g/mol. The van der Waals surface area contributed by atoms with Crippen molar-refractivity contribution in [2.24, 2.45) is 17.6 Å². The van der Waals surface area contributed by atoms with Crippen LogP contribution in [0.5, 0.6) is 0 Å². The first-order valence-electron chi connectivity index (χ1n) is 4.51. The van der Waals surface area contributed by atoms with E-state index in [9.17, 15) is 0 Å². The van der Waals surface area contributed by atoms with E-state index < -0.39 is 0 Å². The van der Waals surface area contributed by atoms with Gasteiger partial charge in [-0.05, 0) is 25.3 Å². The molecule has 0 aromatic rings. The zero-order valence-corrected chi connectivity index (χ0v) is 8.22. The second kappa shape index (κ2) is 5.56. The second-order valence-electron chi connectivity index (χ2n) is 3.77. The summed E-state index contributed by atoms with van der Waals surface area (Å²) in [4.78, 5) is 0. The number of hydrogen-bond donors (Lipinski definition) is 2. The summed E-state index contributed by atoms with van der Waals surface area (Å²) >= 11 is 0. The molecule has 2 atom stereocenters. The number of nitrogens with two attached hydrogens (primary N) is 1. The minimum absolute atomic E-state index is 0.455. The Morgan fingerprint density at radius 1 is 1.18 bits per heavy atom. The monoisotopic (exact) mass is 158 g/mol. The Morgan fingerprint density at radius 3 is 2.09 bits per heavy atom. The average Bonchev–Trinajstić information content (AvgIpc) is 1.99. The van der Waals surface area contributed by atoms with Crippen LogP contribution in [0.15, 0.2) is 0 Å². The van der Waals surface area contributed by atoms with Gasteiger partial charge in [-0.2, -0.15) is 0 Å². The first kappa shape index (κ1) is 10.9. The second-order valence-corrected chi connectivity index (χ2v) is 3.77. The third kappa shape index (κ3) is 5.22. The van der Waals surface area contributed by atoms with Crippen molar-refractivity contribution in [2.75, 3.05) is 13.1 Å². The van der Waals surface area contributed by atoms with Crippen LogP contribution in [0.4, 0.5) is 0 Å². The molecule has 0 spiro atoms. The Bertz CT molecular complexity index is 91.6. The van der Waals surface area contributed by atoms with Crippen LogP contribution < -0.4 is 11.1 Å². The Labute approximate surface area is 70.5 Å². The lowest BCUT2D eigenvalue weighted by Gasteiger charge is -2.18. The van der Waals surface area contributed by atoms with Gasteiger partial charge in [0.2, 0.25) is 0 Å². The standard InChI is InChI=1S/C9H22N2/c1-7(2)8(3)6-11-9(4)5-10/h7-9,11H,5-6,10H2,1-4H3/t8?,9-/m1/s1. The van der Waals surface area contributed by atoms with Gasteiger partial charge in [0.25, 0.3) is 0 Å². The van der Waals surface area contributed by atoms with Crippen LogP contribution in [0.1, 0.15) is 27.7 Å². The highest BCUT2D eigenvalue weighted by Gasteiger charge is 2.07. The molecule has 0 radical (unpaired) electrons. The highest BCUT2D eigenvalue weighted by molar-refractivity contribution is 4.65.